The molecule has 0 aliphatic heterocycles. The molecule has 7 heteroatoms. The van der Waals surface area contributed by atoms with Crippen molar-refractivity contribution < 1.29 is 14.0 Å². The van der Waals surface area contributed by atoms with Crippen molar-refractivity contribution in [3.63, 3.8) is 0 Å². The number of aromatic nitrogens is 1. The van der Waals surface area contributed by atoms with Crippen LogP contribution >= 0.6 is 11.6 Å². The van der Waals surface area contributed by atoms with E-state index in [0.29, 0.717) is 47.5 Å². The van der Waals surface area contributed by atoms with Crippen molar-refractivity contribution in [2.45, 2.75) is 31.6 Å². The van der Waals surface area contributed by atoms with Crippen LogP contribution in [0.1, 0.15) is 53.3 Å². The van der Waals surface area contributed by atoms with Crippen LogP contribution in [0, 0.1) is 29.0 Å². The van der Waals surface area contributed by atoms with Crippen LogP contribution in [0.25, 0.3) is 0 Å². The van der Waals surface area contributed by atoms with E-state index in [0.717, 1.165) is 18.4 Å². The number of halogens is 2. The molecule has 2 aliphatic carbocycles. The maximum Gasteiger partial charge on any atom is 0.272 e. The van der Waals surface area contributed by atoms with E-state index in [-0.39, 0.29) is 16.8 Å². The molecule has 5 nitrogen and oxygen atoms in total. The highest BCUT2D eigenvalue weighted by atomic mass is 35.5. The SMILES string of the molecule is Cn1c(C#N)cc(C2CC3CC(=O)CC3C2)c1C(=O)Nc1ccc(F)c(Cl)c1. The molecule has 0 spiro atoms. The summed E-state index contributed by atoms with van der Waals surface area (Å²) < 4.78 is 15.0. The number of benzene rings is 1. The molecule has 2 atom stereocenters. The zero-order chi connectivity index (χ0) is 20.0. The normalized spacial score (nSPS) is 23.5. The smallest absolute Gasteiger partial charge is 0.272 e. The predicted molar refractivity (Wildman–Crippen MR) is 103 cm³/mol. The third-order valence-electron chi connectivity index (χ3n) is 6.03. The maximum atomic E-state index is 13.4. The predicted octanol–water partition coefficient (Wildman–Crippen LogP) is 4.41. The van der Waals surface area contributed by atoms with E-state index in [1.807, 2.05) is 0 Å². The molecular weight excluding hydrogens is 381 g/mol. The summed E-state index contributed by atoms with van der Waals surface area (Å²) in [7, 11) is 1.69. The van der Waals surface area contributed by atoms with Crippen LogP contribution in [-0.4, -0.2) is 16.3 Å². The molecule has 1 aromatic heterocycles. The molecule has 144 valence electrons. The van der Waals surface area contributed by atoms with Crippen LogP contribution in [0.4, 0.5) is 10.1 Å². The summed E-state index contributed by atoms with van der Waals surface area (Å²) in [6, 6.07) is 7.90. The topological polar surface area (TPSA) is 74.9 Å². The molecule has 0 saturated heterocycles. The number of hydrogen-bond acceptors (Lipinski definition) is 3. The number of anilines is 1. The number of ketones is 1. The van der Waals surface area contributed by atoms with Gasteiger partial charge >= 0.3 is 0 Å². The summed E-state index contributed by atoms with van der Waals surface area (Å²) in [4.78, 5) is 24.7. The molecule has 0 bridgehead atoms. The summed E-state index contributed by atoms with van der Waals surface area (Å²) in [5.74, 6) is 0.289. The second-order valence-electron chi connectivity index (χ2n) is 7.72. The highest BCUT2D eigenvalue weighted by molar-refractivity contribution is 6.31. The Bertz CT molecular complexity index is 1010. The molecule has 2 aromatic rings. The first-order chi connectivity index (χ1) is 13.4. The largest absolute Gasteiger partial charge is 0.331 e. The number of Topliss-reactive ketones (excluding diaryl/α,β-unsaturated/α-hetero) is 1. The average molecular weight is 400 g/mol. The molecule has 2 fully saturated rings. The first-order valence-electron chi connectivity index (χ1n) is 9.25. The van der Waals surface area contributed by atoms with Gasteiger partial charge in [0.1, 0.15) is 29.1 Å². The van der Waals surface area contributed by atoms with Gasteiger partial charge in [0.05, 0.1) is 5.02 Å². The molecule has 1 N–H and O–H groups in total. The lowest BCUT2D eigenvalue weighted by atomic mass is 9.94. The zero-order valence-electron chi connectivity index (χ0n) is 15.3. The fourth-order valence-corrected chi connectivity index (χ4v) is 4.91. The Morgan fingerprint density at radius 1 is 1.29 bits per heavy atom. The van der Waals surface area contributed by atoms with Crippen LogP contribution in [0.15, 0.2) is 24.3 Å². The number of carbonyl (C=O) groups excluding carboxylic acids is 2. The minimum atomic E-state index is -0.557. The Morgan fingerprint density at radius 3 is 2.57 bits per heavy atom. The van der Waals surface area contributed by atoms with E-state index in [1.54, 1.807) is 17.7 Å². The second kappa shape index (κ2) is 7.06. The maximum absolute atomic E-state index is 13.4. The van der Waals surface area contributed by atoms with E-state index in [2.05, 4.69) is 11.4 Å². The summed E-state index contributed by atoms with van der Waals surface area (Å²) in [5, 5.41) is 12.1. The highest BCUT2D eigenvalue weighted by Gasteiger charge is 2.43. The monoisotopic (exact) mass is 399 g/mol. The van der Waals surface area contributed by atoms with Gasteiger partial charge in [-0.1, -0.05) is 11.6 Å². The number of nitriles is 1. The van der Waals surface area contributed by atoms with Gasteiger partial charge in [-0.3, -0.25) is 9.59 Å². The Hall–Kier alpha value is -2.65. The first kappa shape index (κ1) is 18.7. The van der Waals surface area contributed by atoms with Crippen molar-refractivity contribution in [3.8, 4) is 6.07 Å². The third-order valence-corrected chi connectivity index (χ3v) is 6.32. The molecule has 1 heterocycles. The highest BCUT2D eigenvalue weighted by Crippen LogP contribution is 2.50. The Labute approximate surface area is 167 Å². The first-order valence-corrected chi connectivity index (χ1v) is 9.63. The summed E-state index contributed by atoms with van der Waals surface area (Å²) in [6.07, 6.45) is 2.95. The number of carbonyl (C=O) groups is 2. The van der Waals surface area contributed by atoms with Crippen molar-refractivity contribution >= 4 is 29.0 Å². The Kier molecular flexibility index (Phi) is 4.72. The molecular formula is C21H19ClFN3O2. The average Bonchev–Trinajstić information content (AvgIpc) is 3.28. The lowest BCUT2D eigenvalue weighted by molar-refractivity contribution is -0.117. The quantitative estimate of drug-likeness (QED) is 0.830. The van der Waals surface area contributed by atoms with Crippen LogP contribution in [-0.2, 0) is 11.8 Å². The lowest BCUT2D eigenvalue weighted by Gasteiger charge is -2.14. The number of nitrogens with one attached hydrogen (secondary N) is 1. The molecule has 4 rings (SSSR count). The third kappa shape index (κ3) is 3.20. The van der Waals surface area contributed by atoms with Gasteiger partial charge in [-0.05, 0) is 60.4 Å². The summed E-state index contributed by atoms with van der Waals surface area (Å²) >= 11 is 5.80. The number of rotatable bonds is 3. The van der Waals surface area contributed by atoms with E-state index in [4.69, 9.17) is 11.6 Å². The van der Waals surface area contributed by atoms with Crippen molar-refractivity contribution in [3.05, 3.63) is 52.1 Å². The molecule has 2 aliphatic rings. The van der Waals surface area contributed by atoms with Crippen LogP contribution < -0.4 is 5.32 Å². The van der Waals surface area contributed by atoms with Crippen molar-refractivity contribution in [1.82, 2.24) is 4.57 Å². The fourth-order valence-electron chi connectivity index (χ4n) is 4.73. The molecule has 1 aromatic carbocycles. The van der Waals surface area contributed by atoms with Crippen molar-refractivity contribution in [1.29, 1.82) is 5.26 Å². The summed E-state index contributed by atoms with van der Waals surface area (Å²) in [5.41, 5.74) is 2.06. The van der Waals surface area contributed by atoms with Gasteiger partial charge in [0.25, 0.3) is 5.91 Å². The Balaban J connectivity index is 1.64. The molecule has 28 heavy (non-hydrogen) atoms. The lowest BCUT2D eigenvalue weighted by Crippen LogP contribution is -2.19. The number of nitrogens with zero attached hydrogens (tertiary/aromatic N) is 2. The van der Waals surface area contributed by atoms with Gasteiger partial charge in [-0.15, -0.1) is 0 Å². The van der Waals surface area contributed by atoms with E-state index >= 15 is 0 Å². The Morgan fingerprint density at radius 2 is 1.96 bits per heavy atom. The van der Waals surface area contributed by atoms with Gasteiger partial charge in [0, 0.05) is 25.6 Å². The number of fused-ring (bicyclic) bond motifs is 1. The molecule has 2 unspecified atom stereocenters. The van der Waals surface area contributed by atoms with Crippen molar-refractivity contribution in [2.75, 3.05) is 5.32 Å². The molecule has 2 saturated carbocycles. The fraction of sp³-hybridized carbons (Fsp3) is 0.381. The minimum absolute atomic E-state index is 0.0732. The second-order valence-corrected chi connectivity index (χ2v) is 8.13. The standard InChI is InChI=1S/C21H19ClFN3O2/c1-26-15(10-24)9-17(13-4-11-6-16(27)7-12(11)5-13)20(26)21(28)25-14-2-3-19(23)18(22)8-14/h2-3,8-9,11-13H,4-7H2,1H3,(H,25,28). The minimum Gasteiger partial charge on any atom is -0.331 e. The van der Waals surface area contributed by atoms with Crippen LogP contribution in [0.5, 0.6) is 0 Å². The van der Waals surface area contributed by atoms with Crippen LogP contribution in [0.2, 0.25) is 5.02 Å². The summed E-state index contributed by atoms with van der Waals surface area (Å²) in [6.45, 7) is 0. The number of hydrogen-bond donors (Lipinski definition) is 1. The van der Waals surface area contributed by atoms with Gasteiger partial charge in [-0.2, -0.15) is 5.26 Å². The van der Waals surface area contributed by atoms with Gasteiger partial charge in [0.15, 0.2) is 0 Å². The van der Waals surface area contributed by atoms with Gasteiger partial charge < -0.3 is 9.88 Å². The van der Waals surface area contributed by atoms with Gasteiger partial charge in [0.2, 0.25) is 0 Å². The van der Waals surface area contributed by atoms with E-state index in [1.165, 1.54) is 18.2 Å². The number of amides is 1. The molecule has 1 amide bonds. The molecule has 0 radical (unpaired) electrons. The van der Waals surface area contributed by atoms with Crippen LogP contribution in [0.3, 0.4) is 0 Å². The van der Waals surface area contributed by atoms with Gasteiger partial charge in [-0.25, -0.2) is 4.39 Å². The van der Waals surface area contributed by atoms with E-state index in [9.17, 15) is 19.2 Å². The zero-order valence-corrected chi connectivity index (χ0v) is 16.1. The van der Waals surface area contributed by atoms with Crippen molar-refractivity contribution in [2.24, 2.45) is 18.9 Å². The van der Waals surface area contributed by atoms with E-state index < -0.39 is 5.82 Å².